The zero-order valence-corrected chi connectivity index (χ0v) is 30.6. The van der Waals surface area contributed by atoms with Gasteiger partial charge in [0.1, 0.15) is 23.7 Å². The molecule has 0 spiro atoms. The van der Waals surface area contributed by atoms with Gasteiger partial charge in [-0.1, -0.05) is 99.5 Å². The molecule has 10 nitrogen and oxygen atoms in total. The number of hydroxylamine groups is 1. The van der Waals surface area contributed by atoms with Crippen LogP contribution in [0.15, 0.2) is 72.8 Å². The van der Waals surface area contributed by atoms with Crippen molar-refractivity contribution in [1.29, 1.82) is 0 Å². The minimum atomic E-state index is -0.745. The Kier molecular flexibility index (Phi) is 12.6. The van der Waals surface area contributed by atoms with Gasteiger partial charge in [-0.05, 0) is 55.9 Å². The monoisotopic (exact) mass is 679 g/mol. The van der Waals surface area contributed by atoms with Crippen molar-refractivity contribution < 1.29 is 14.4 Å². The molecule has 0 aliphatic carbocycles. The summed E-state index contributed by atoms with van der Waals surface area (Å²) in [6, 6.07) is 24.5. The number of nitrogens with zero attached hydrogens (tertiary/aromatic N) is 4. The van der Waals surface area contributed by atoms with Crippen LogP contribution in [0, 0.1) is 25.7 Å². The predicted octanol–water partition coefficient (Wildman–Crippen LogP) is 5.80. The van der Waals surface area contributed by atoms with Gasteiger partial charge in [-0.25, -0.2) is 15.4 Å². The molecule has 1 fully saturated rings. The van der Waals surface area contributed by atoms with E-state index in [4.69, 9.17) is 14.8 Å². The first-order valence-electron chi connectivity index (χ1n) is 17.9. The number of benzene rings is 3. The quantitative estimate of drug-likeness (QED) is 0.144. The topological polar surface area (TPSA) is 112 Å². The summed E-state index contributed by atoms with van der Waals surface area (Å²) in [5.41, 5.74) is 8.38. The van der Waals surface area contributed by atoms with Crippen molar-refractivity contribution in [3.05, 3.63) is 101 Å². The number of rotatable bonds is 14. The molecule has 3 N–H and O–H groups in total. The van der Waals surface area contributed by atoms with Crippen LogP contribution >= 0.6 is 0 Å². The molecule has 2 unspecified atom stereocenters. The van der Waals surface area contributed by atoms with Crippen LogP contribution in [-0.2, 0) is 21.0 Å². The van der Waals surface area contributed by atoms with Crippen molar-refractivity contribution in [2.75, 3.05) is 38.1 Å². The highest BCUT2D eigenvalue weighted by molar-refractivity contribution is 5.94. The molecule has 1 aromatic heterocycles. The van der Waals surface area contributed by atoms with Gasteiger partial charge in [-0.15, -0.1) is 0 Å². The van der Waals surface area contributed by atoms with E-state index in [-0.39, 0.29) is 29.7 Å². The number of nitrogens with one attached hydrogen (secondary N) is 3. The Labute approximate surface area is 297 Å². The van der Waals surface area contributed by atoms with E-state index in [2.05, 4.69) is 88.3 Å². The summed E-state index contributed by atoms with van der Waals surface area (Å²) in [7, 11) is 0. The van der Waals surface area contributed by atoms with Crippen molar-refractivity contribution in [3.8, 4) is 0 Å². The maximum absolute atomic E-state index is 13.7. The second-order valence-electron chi connectivity index (χ2n) is 14.0. The van der Waals surface area contributed by atoms with Crippen molar-refractivity contribution in [1.82, 2.24) is 30.6 Å². The number of hydrogen-bond acceptors (Lipinski definition) is 8. The third-order valence-corrected chi connectivity index (χ3v) is 9.38. The predicted molar refractivity (Wildman–Crippen MR) is 199 cm³/mol. The Morgan fingerprint density at radius 1 is 0.760 bits per heavy atom. The second-order valence-corrected chi connectivity index (χ2v) is 14.0. The van der Waals surface area contributed by atoms with E-state index in [0.717, 1.165) is 37.1 Å². The molecule has 5 rings (SSSR count). The molecule has 266 valence electrons. The van der Waals surface area contributed by atoms with Crippen LogP contribution in [0.3, 0.4) is 0 Å². The largest absolute Gasteiger partial charge is 0.358 e. The Morgan fingerprint density at radius 2 is 1.34 bits per heavy atom. The van der Waals surface area contributed by atoms with Crippen LogP contribution < -0.4 is 16.1 Å². The zero-order chi connectivity index (χ0) is 35.8. The van der Waals surface area contributed by atoms with Crippen LogP contribution in [0.4, 0.5) is 5.82 Å². The molecule has 2 amide bonds. The normalized spacial score (nSPS) is 15.4. The van der Waals surface area contributed by atoms with Gasteiger partial charge in [0.05, 0.1) is 24.7 Å². The molecule has 1 aliphatic heterocycles. The smallest absolute Gasteiger partial charge is 0.266 e. The molecule has 10 heteroatoms. The summed E-state index contributed by atoms with van der Waals surface area (Å²) >= 11 is 0. The molecule has 2 heterocycles. The van der Waals surface area contributed by atoms with E-state index < -0.39 is 12.1 Å². The van der Waals surface area contributed by atoms with Crippen LogP contribution in [0.1, 0.15) is 68.7 Å². The lowest BCUT2D eigenvalue weighted by molar-refractivity contribution is -0.139. The summed E-state index contributed by atoms with van der Waals surface area (Å²) in [6.45, 7) is 18.3. The average molecular weight is 680 g/mol. The zero-order valence-electron chi connectivity index (χ0n) is 30.6. The van der Waals surface area contributed by atoms with Crippen molar-refractivity contribution >= 4 is 28.5 Å². The Morgan fingerprint density at radius 3 is 1.90 bits per heavy atom. The number of carbonyl (C=O) groups excluding carboxylic acids is 2. The second kappa shape index (κ2) is 17.0. The maximum atomic E-state index is 13.7. The van der Waals surface area contributed by atoms with Gasteiger partial charge in [0.25, 0.3) is 5.91 Å². The molecule has 2 atom stereocenters. The van der Waals surface area contributed by atoms with Crippen molar-refractivity contribution in [2.24, 2.45) is 11.8 Å². The van der Waals surface area contributed by atoms with E-state index in [1.54, 1.807) is 6.92 Å². The van der Waals surface area contributed by atoms with Gasteiger partial charge < -0.3 is 10.6 Å². The number of aromatic nitrogens is 2. The molecule has 0 radical (unpaired) electrons. The lowest BCUT2D eigenvalue weighted by atomic mass is 9.95. The third kappa shape index (κ3) is 9.24. The van der Waals surface area contributed by atoms with Gasteiger partial charge in [0, 0.05) is 31.6 Å². The number of carbonyl (C=O) groups is 2. The molecule has 1 aliphatic rings. The average Bonchev–Trinajstić information content (AvgIpc) is 3.10. The first-order valence-corrected chi connectivity index (χ1v) is 17.9. The fraction of sp³-hybridized carbons (Fsp3) is 0.450. The minimum absolute atomic E-state index is 0.0852. The molecule has 50 heavy (non-hydrogen) atoms. The number of aryl methyl sites for hydroxylation is 2. The molecular formula is C40H53N7O3. The molecular weight excluding hydrogens is 626 g/mol. The number of fused-ring (bicyclic) bond motifs is 1. The Balaban J connectivity index is 1.32. The summed E-state index contributed by atoms with van der Waals surface area (Å²) < 4.78 is 0. The Hall–Kier alpha value is -4.38. The summed E-state index contributed by atoms with van der Waals surface area (Å²) in [4.78, 5) is 46.5. The summed E-state index contributed by atoms with van der Waals surface area (Å²) in [5.74, 6) is 0.435. The number of amides is 2. The molecule has 0 bridgehead atoms. The van der Waals surface area contributed by atoms with Gasteiger partial charge in [0.15, 0.2) is 0 Å². The lowest BCUT2D eigenvalue weighted by Gasteiger charge is -2.39. The highest BCUT2D eigenvalue weighted by Gasteiger charge is 2.31. The molecule has 3 aromatic carbocycles. The lowest BCUT2D eigenvalue weighted by Crippen LogP contribution is -2.54. The van der Waals surface area contributed by atoms with Gasteiger partial charge in [0.2, 0.25) is 5.91 Å². The van der Waals surface area contributed by atoms with E-state index in [1.807, 2.05) is 52.0 Å². The molecule has 1 saturated heterocycles. The van der Waals surface area contributed by atoms with Gasteiger partial charge in [-0.2, -0.15) is 0 Å². The van der Waals surface area contributed by atoms with E-state index in [0.29, 0.717) is 24.8 Å². The Bertz CT molecular complexity index is 1670. The third-order valence-electron chi connectivity index (χ3n) is 9.38. The molecule has 4 aromatic rings. The van der Waals surface area contributed by atoms with Crippen LogP contribution in [0.2, 0.25) is 0 Å². The maximum Gasteiger partial charge on any atom is 0.266 e. The first-order chi connectivity index (χ1) is 24.0. The molecule has 0 saturated carbocycles. The standard InChI is InChI=1S/C40H53N7O3/c1-8-50-45-40(49)36(27(4)5)44-39(48)35(26(2)3)43-38-32-11-9-10-12-33(32)41-34(42-38)25-46-21-23-47(24-22-46)37(30-17-13-28(6)14-18-30)31-19-15-29(7)16-20-31/h9-20,26-27,35-37H,8,21-25H2,1-7H3,(H,44,48)(H,45,49)(H,41,42,43). The van der Waals surface area contributed by atoms with Gasteiger partial charge >= 0.3 is 0 Å². The number of hydrogen-bond donors (Lipinski definition) is 3. The van der Waals surface area contributed by atoms with E-state index in [1.165, 1.54) is 22.3 Å². The number of anilines is 1. The van der Waals surface area contributed by atoms with Crippen LogP contribution in [0.5, 0.6) is 0 Å². The minimum Gasteiger partial charge on any atom is -0.358 e. The van der Waals surface area contributed by atoms with Crippen LogP contribution in [-0.4, -0.2) is 76.5 Å². The number of para-hydroxylation sites is 1. The van der Waals surface area contributed by atoms with Gasteiger partial charge in [-0.3, -0.25) is 24.2 Å². The highest BCUT2D eigenvalue weighted by Crippen LogP contribution is 2.31. The first kappa shape index (κ1) is 36.9. The SMILES string of the molecule is CCONC(=O)C(NC(=O)C(Nc1nc(CN2CCN(C(c3ccc(C)cc3)c3ccc(C)cc3)CC2)nc2ccccc12)C(C)C)C(C)C. The van der Waals surface area contributed by atoms with Crippen molar-refractivity contribution in [3.63, 3.8) is 0 Å². The fourth-order valence-electron chi connectivity index (χ4n) is 6.46. The summed E-state index contributed by atoms with van der Waals surface area (Å²) in [6.07, 6.45) is 0. The highest BCUT2D eigenvalue weighted by atomic mass is 16.6. The summed E-state index contributed by atoms with van der Waals surface area (Å²) in [5, 5.41) is 7.23. The van der Waals surface area contributed by atoms with Crippen LogP contribution in [0.25, 0.3) is 10.9 Å². The van der Waals surface area contributed by atoms with E-state index >= 15 is 0 Å². The van der Waals surface area contributed by atoms with Crippen molar-refractivity contribution in [2.45, 2.75) is 73.1 Å². The fourth-order valence-corrected chi connectivity index (χ4v) is 6.46. The number of piperazine rings is 1. The van der Waals surface area contributed by atoms with E-state index in [9.17, 15) is 9.59 Å².